The van der Waals surface area contributed by atoms with E-state index >= 15 is 0 Å². The zero-order chi connectivity index (χ0) is 34.9. The summed E-state index contributed by atoms with van der Waals surface area (Å²) >= 11 is 0. The van der Waals surface area contributed by atoms with Gasteiger partial charge < -0.3 is 30.4 Å². The molecule has 5 rings (SSSR count). The van der Waals surface area contributed by atoms with Crippen molar-refractivity contribution in [1.29, 1.82) is 0 Å². The maximum Gasteiger partial charge on any atom is 0.303 e. The molecule has 14 nitrogen and oxygen atoms in total. The Morgan fingerprint density at radius 1 is 0.542 bits per heavy atom. The molecule has 8 bridgehead atoms. The molecule has 14 heteroatoms. The van der Waals surface area contributed by atoms with E-state index in [1.165, 1.54) is 0 Å². The predicted molar refractivity (Wildman–Crippen MR) is 177 cm³/mol. The third-order valence-corrected chi connectivity index (χ3v) is 8.81. The number of allylic oxidation sites excluding steroid dienone is 4. The Bertz CT molecular complexity index is 1960. The summed E-state index contributed by atoms with van der Waals surface area (Å²) in [4.78, 5) is 72.2. The van der Waals surface area contributed by atoms with Crippen molar-refractivity contribution in [3.8, 4) is 0 Å². The summed E-state index contributed by atoms with van der Waals surface area (Å²) in [5, 5.41) is 37.9. The number of hydrogen-bond donors (Lipinski definition) is 6. The van der Waals surface area contributed by atoms with E-state index in [2.05, 4.69) is 9.97 Å². The second-order valence-electron chi connectivity index (χ2n) is 11.9. The Kier molecular flexibility index (Phi) is 9.55. The number of aromatic amines is 2. The van der Waals surface area contributed by atoms with Gasteiger partial charge in [-0.2, -0.15) is 0 Å². The van der Waals surface area contributed by atoms with E-state index in [0.29, 0.717) is 78.8 Å². The number of hydrogen-bond acceptors (Lipinski definition) is 8. The molecule has 6 N–H and O–H groups in total. The van der Waals surface area contributed by atoms with Gasteiger partial charge in [0.1, 0.15) is 11.3 Å². The minimum atomic E-state index is -0.980. The maximum absolute atomic E-state index is 11.6. The van der Waals surface area contributed by atoms with Crippen LogP contribution in [-0.4, -0.2) is 74.2 Å². The molecular weight excluding hydrogens is 620 g/mol. The molecule has 0 radical (unpaired) electrons. The minimum absolute atomic E-state index is 0.142. The second-order valence-corrected chi connectivity index (χ2v) is 11.9. The van der Waals surface area contributed by atoms with Gasteiger partial charge >= 0.3 is 23.9 Å². The van der Waals surface area contributed by atoms with E-state index in [1.54, 1.807) is 6.07 Å². The van der Waals surface area contributed by atoms with Crippen LogP contribution < -0.4 is 0 Å². The van der Waals surface area contributed by atoms with Crippen molar-refractivity contribution in [2.45, 2.75) is 79.1 Å². The topological polar surface area (TPSA) is 232 Å². The van der Waals surface area contributed by atoms with Crippen molar-refractivity contribution in [1.82, 2.24) is 29.9 Å². The minimum Gasteiger partial charge on any atom is -0.481 e. The van der Waals surface area contributed by atoms with Crippen molar-refractivity contribution < 1.29 is 39.6 Å². The Hall–Kier alpha value is -5.66. The van der Waals surface area contributed by atoms with Crippen molar-refractivity contribution in [2.75, 3.05) is 0 Å². The summed E-state index contributed by atoms with van der Waals surface area (Å²) < 4.78 is 0. The number of rotatable bonds is 12. The molecule has 2 aliphatic rings. The lowest BCUT2D eigenvalue weighted by molar-refractivity contribution is -0.138. The number of carboxylic acid groups (broad SMARTS) is 4. The molecule has 3 aromatic rings. The largest absolute Gasteiger partial charge is 0.481 e. The number of nitrogens with zero attached hydrogens (tertiary/aromatic N) is 4. The maximum atomic E-state index is 11.6. The quantitative estimate of drug-likeness (QED) is 0.145. The molecule has 0 aliphatic carbocycles. The molecule has 48 heavy (non-hydrogen) atoms. The summed E-state index contributed by atoms with van der Waals surface area (Å²) in [5.74, 6) is -3.31. The average Bonchev–Trinajstić information content (AvgIpc) is 3.66. The first kappa shape index (κ1) is 33.7. The van der Waals surface area contributed by atoms with Crippen LogP contribution in [0, 0.1) is 13.8 Å². The van der Waals surface area contributed by atoms with E-state index < -0.39 is 23.9 Å². The normalized spacial score (nSPS) is 12.9. The van der Waals surface area contributed by atoms with Crippen molar-refractivity contribution in [2.24, 2.45) is 0 Å². The molecule has 250 valence electrons. The molecule has 5 heterocycles. The fraction of sp³-hybridized carbons (Fsp3) is 0.353. The molecule has 0 atom stereocenters. The molecule has 2 aliphatic heterocycles. The molecule has 0 spiro atoms. The zero-order valence-electron chi connectivity index (χ0n) is 27.0. The van der Waals surface area contributed by atoms with Gasteiger partial charge in [0.25, 0.3) is 0 Å². The summed E-state index contributed by atoms with van der Waals surface area (Å²) in [6.07, 6.45) is 0.0828. The summed E-state index contributed by atoms with van der Waals surface area (Å²) in [6.45, 7) is 7.34. The van der Waals surface area contributed by atoms with Crippen LogP contribution in [-0.2, 0) is 32.0 Å². The van der Waals surface area contributed by atoms with Gasteiger partial charge in [-0.3, -0.25) is 19.2 Å². The first-order valence-electron chi connectivity index (χ1n) is 15.5. The Labute approximate surface area is 274 Å². The molecule has 0 unspecified atom stereocenters. The van der Waals surface area contributed by atoms with E-state index in [4.69, 9.17) is 19.9 Å². The van der Waals surface area contributed by atoms with Gasteiger partial charge in [-0.1, -0.05) is 0 Å². The van der Waals surface area contributed by atoms with Crippen LogP contribution in [0.25, 0.3) is 44.6 Å². The lowest BCUT2D eigenvalue weighted by Crippen LogP contribution is -1.99. The first-order chi connectivity index (χ1) is 22.7. The average molecular weight is 657 g/mol. The molecule has 0 fully saturated rings. The second kappa shape index (κ2) is 13.6. The van der Waals surface area contributed by atoms with Gasteiger partial charge in [-0.05, 0) is 87.8 Å². The van der Waals surface area contributed by atoms with E-state index in [1.807, 2.05) is 33.8 Å². The third-order valence-electron chi connectivity index (χ3n) is 8.81. The molecule has 0 aromatic carbocycles. The molecule has 0 saturated carbocycles. The van der Waals surface area contributed by atoms with Crippen molar-refractivity contribution >= 4 is 68.5 Å². The fourth-order valence-corrected chi connectivity index (χ4v) is 6.02. The highest BCUT2D eigenvalue weighted by Gasteiger charge is 2.24. The van der Waals surface area contributed by atoms with Gasteiger partial charge in [-0.15, -0.1) is 0 Å². The Morgan fingerprint density at radius 3 is 1.25 bits per heavy atom. The summed E-state index contributed by atoms with van der Waals surface area (Å²) in [6, 6.07) is 3.57. The Morgan fingerprint density at radius 2 is 0.896 bits per heavy atom. The highest BCUT2D eigenvalue weighted by molar-refractivity contribution is 5.95. The predicted octanol–water partition coefficient (Wildman–Crippen LogP) is 5.35. The highest BCUT2D eigenvalue weighted by Crippen LogP contribution is 2.36. The first-order valence-corrected chi connectivity index (χ1v) is 15.5. The zero-order valence-corrected chi connectivity index (χ0v) is 27.0. The van der Waals surface area contributed by atoms with E-state index in [-0.39, 0.29) is 51.4 Å². The smallest absolute Gasteiger partial charge is 0.303 e. The summed E-state index contributed by atoms with van der Waals surface area (Å²) in [5.41, 5.74) is 8.59. The molecular formula is C34H36N6O8. The molecule has 3 aromatic heterocycles. The number of nitrogens with one attached hydrogen (secondary N) is 2. The SMILES string of the molecule is CC1=C(CCC(=O)O)c2nc1cc1nc(nc3[nH]c(cc4[nH]c(n2)c(CCC(=O)O)c4C)c(C)c3CCC(=O)O)C(CCC(=O)O)=C1C. The number of carbonyl (C=O) groups is 4. The molecule has 0 saturated heterocycles. The van der Waals surface area contributed by atoms with Crippen LogP contribution in [0.3, 0.4) is 0 Å². The van der Waals surface area contributed by atoms with Gasteiger partial charge in [0, 0.05) is 59.0 Å². The van der Waals surface area contributed by atoms with Crippen LogP contribution in [0.4, 0.5) is 0 Å². The van der Waals surface area contributed by atoms with Crippen LogP contribution >= 0.6 is 0 Å². The van der Waals surface area contributed by atoms with Crippen LogP contribution in [0.5, 0.6) is 0 Å². The summed E-state index contributed by atoms with van der Waals surface area (Å²) in [7, 11) is 0. The standard InChI is InChI=1S/C34H36N6O8/c1-15-19(5-9-27(41)42)31-35-23(15)13-24-16(2)20(6-10-28(43)44)33(36-24)40-34-22(8-12-30(47)48)18(4)26(38-34)14-25-17(3)21(7-11-29(45)46)32(37-25)39-31/h13-14H,5-12H2,1-4H3,(H,41,42)(H,43,44)(H,45,46)(H,47,48)(H,35,37,39)(H,36,38,40). The third kappa shape index (κ3) is 7.01. The van der Waals surface area contributed by atoms with Gasteiger partial charge in [0.05, 0.1) is 11.4 Å². The lowest BCUT2D eigenvalue weighted by atomic mass is 10.0. The Balaban J connectivity index is 1.91. The molecule has 0 amide bonds. The fourth-order valence-electron chi connectivity index (χ4n) is 6.02. The van der Waals surface area contributed by atoms with Crippen LogP contribution in [0.1, 0.15) is 97.7 Å². The van der Waals surface area contributed by atoms with Crippen molar-refractivity contribution in [3.05, 3.63) is 57.4 Å². The number of aromatic nitrogens is 6. The van der Waals surface area contributed by atoms with Gasteiger partial charge in [-0.25, -0.2) is 19.9 Å². The van der Waals surface area contributed by atoms with Gasteiger partial charge in [0.15, 0.2) is 11.6 Å². The highest BCUT2D eigenvalue weighted by atomic mass is 16.4. The monoisotopic (exact) mass is 656 g/mol. The lowest BCUT2D eigenvalue weighted by Gasteiger charge is -2.03. The number of aryl methyl sites for hydroxylation is 4. The van der Waals surface area contributed by atoms with E-state index in [9.17, 15) is 39.6 Å². The number of aliphatic carboxylic acids is 4. The van der Waals surface area contributed by atoms with Crippen LogP contribution in [0.15, 0.2) is 12.1 Å². The van der Waals surface area contributed by atoms with E-state index in [0.717, 1.165) is 11.1 Å². The van der Waals surface area contributed by atoms with Crippen molar-refractivity contribution in [3.63, 3.8) is 0 Å². The number of H-pyrrole nitrogens is 2. The van der Waals surface area contributed by atoms with Gasteiger partial charge in [0.2, 0.25) is 0 Å². The van der Waals surface area contributed by atoms with Crippen LogP contribution in [0.2, 0.25) is 0 Å². The number of fused-ring (bicyclic) bond motifs is 8. The number of carboxylic acids is 4.